The number of nitrogens with zero attached hydrogens (tertiary/aromatic N) is 4. The molecule has 0 aliphatic rings. The smallest absolute Gasteiger partial charge is 0.265 e. The van der Waals surface area contributed by atoms with Crippen LogP contribution in [0.2, 0.25) is 0 Å². The Morgan fingerprint density at radius 1 is 1.42 bits per heavy atom. The molecule has 0 aliphatic heterocycles. The van der Waals surface area contributed by atoms with Crippen LogP contribution in [0.3, 0.4) is 0 Å². The minimum Gasteiger partial charge on any atom is -0.265 e. The molecule has 0 fully saturated rings. The number of non-ortho nitro benzene ring substituents is 1. The van der Waals surface area contributed by atoms with Crippen LogP contribution in [0.5, 0.6) is 0 Å². The molecule has 9 heteroatoms. The van der Waals surface area contributed by atoms with Crippen molar-refractivity contribution in [3.8, 4) is 0 Å². The molecule has 2 aromatic rings. The van der Waals surface area contributed by atoms with Crippen molar-refractivity contribution in [3.63, 3.8) is 0 Å². The molecule has 0 bridgehead atoms. The van der Waals surface area contributed by atoms with Crippen molar-refractivity contribution in [1.82, 2.24) is 14.9 Å². The number of aromatic amines is 1. The Kier molecular flexibility index (Phi) is 3.57. The number of rotatable bonds is 3. The van der Waals surface area contributed by atoms with Gasteiger partial charge in [0.2, 0.25) is 4.77 Å². The minimum atomic E-state index is -0.495. The summed E-state index contributed by atoms with van der Waals surface area (Å²) < 4.78 is 1.02. The van der Waals surface area contributed by atoms with Gasteiger partial charge in [-0.05, 0) is 29.9 Å². The summed E-state index contributed by atoms with van der Waals surface area (Å²) in [7, 11) is 0. The Morgan fingerprint density at radius 2 is 2.11 bits per heavy atom. The number of benzene rings is 1. The second-order valence-corrected chi connectivity index (χ2v) is 3.81. The molecule has 0 spiro atoms. The molecule has 0 atom stereocenters. The lowest BCUT2D eigenvalue weighted by Crippen LogP contribution is -2.18. The Bertz CT molecular complexity index is 719. The third-order valence-electron chi connectivity index (χ3n) is 2.16. The average molecular weight is 277 g/mol. The molecule has 1 aromatic carbocycles. The minimum absolute atomic E-state index is 0.0180. The van der Waals surface area contributed by atoms with Gasteiger partial charge in [-0.2, -0.15) is 14.9 Å². The molecule has 0 unspecified atom stereocenters. The van der Waals surface area contributed by atoms with Crippen LogP contribution in [-0.4, -0.2) is 26.0 Å². The summed E-state index contributed by atoms with van der Waals surface area (Å²) in [5.41, 5.74) is 0.112. The molecule has 1 N–H and O–H groups in total. The largest absolute Gasteiger partial charge is 0.293 e. The van der Waals surface area contributed by atoms with Crippen molar-refractivity contribution in [2.75, 3.05) is 0 Å². The summed E-state index contributed by atoms with van der Waals surface area (Å²) in [5, 5.41) is 20.3. The van der Waals surface area contributed by atoms with Gasteiger partial charge in [0.15, 0.2) is 0 Å². The molecule has 0 aliphatic carbocycles. The lowest BCUT2D eigenvalue weighted by atomic mass is 10.2. The monoisotopic (exact) mass is 277 g/mol. The number of nitro groups is 1. The van der Waals surface area contributed by atoms with Crippen LogP contribution < -0.4 is 5.56 Å². The fraction of sp³-hybridized carbons (Fsp3) is 0. The lowest BCUT2D eigenvalue weighted by Gasteiger charge is -1.96. The zero-order chi connectivity index (χ0) is 13.8. The molecule has 1 heterocycles. The highest BCUT2D eigenvalue weighted by atomic mass is 32.1. The van der Waals surface area contributed by atoms with Gasteiger partial charge in [-0.3, -0.25) is 20.0 Å². The van der Waals surface area contributed by atoms with E-state index in [2.05, 4.69) is 15.3 Å². The van der Waals surface area contributed by atoms with E-state index in [0.29, 0.717) is 5.56 Å². The van der Waals surface area contributed by atoms with E-state index in [0.717, 1.165) is 10.9 Å². The van der Waals surface area contributed by atoms with E-state index < -0.39 is 10.5 Å². The molecular weight excluding hydrogens is 270 g/mol. The zero-order valence-corrected chi connectivity index (χ0v) is 10.2. The summed E-state index contributed by atoms with van der Waals surface area (Å²) in [5.74, 6) is 0. The van der Waals surface area contributed by atoms with E-state index in [4.69, 9.17) is 12.2 Å². The van der Waals surface area contributed by atoms with Gasteiger partial charge in [0.05, 0.1) is 11.1 Å². The molecule has 0 saturated heterocycles. The maximum absolute atomic E-state index is 11.4. The highest BCUT2D eigenvalue weighted by Crippen LogP contribution is 2.10. The predicted octanol–water partition coefficient (Wildman–Crippen LogP) is 1.09. The first-order valence-corrected chi connectivity index (χ1v) is 5.44. The molecule has 19 heavy (non-hydrogen) atoms. The first-order valence-electron chi connectivity index (χ1n) is 5.03. The van der Waals surface area contributed by atoms with Crippen LogP contribution in [0.15, 0.2) is 40.4 Å². The molecule has 0 saturated carbocycles. The van der Waals surface area contributed by atoms with Gasteiger partial charge in [-0.1, -0.05) is 0 Å². The molecule has 2 rings (SSSR count). The van der Waals surface area contributed by atoms with E-state index >= 15 is 0 Å². The van der Waals surface area contributed by atoms with Crippen LogP contribution in [0, 0.1) is 14.9 Å². The van der Waals surface area contributed by atoms with Crippen LogP contribution in [-0.2, 0) is 0 Å². The van der Waals surface area contributed by atoms with Crippen molar-refractivity contribution < 1.29 is 4.92 Å². The van der Waals surface area contributed by atoms with Gasteiger partial charge in [-0.25, -0.2) is 0 Å². The van der Waals surface area contributed by atoms with Crippen molar-refractivity contribution in [1.29, 1.82) is 0 Å². The fourth-order valence-corrected chi connectivity index (χ4v) is 1.45. The summed E-state index contributed by atoms with van der Waals surface area (Å²) in [4.78, 5) is 21.4. The van der Waals surface area contributed by atoms with Gasteiger partial charge in [0.25, 0.3) is 11.2 Å². The highest BCUT2D eigenvalue weighted by molar-refractivity contribution is 7.71. The third-order valence-corrected chi connectivity index (χ3v) is 2.43. The summed E-state index contributed by atoms with van der Waals surface area (Å²) in [6.07, 6.45) is 2.41. The lowest BCUT2D eigenvalue weighted by molar-refractivity contribution is -0.384. The van der Waals surface area contributed by atoms with Gasteiger partial charge in [0.1, 0.15) is 6.20 Å². The van der Waals surface area contributed by atoms with Crippen LogP contribution in [0.25, 0.3) is 0 Å². The molecule has 0 radical (unpaired) electrons. The van der Waals surface area contributed by atoms with E-state index in [1.54, 1.807) is 0 Å². The van der Waals surface area contributed by atoms with Crippen molar-refractivity contribution >= 4 is 24.1 Å². The second-order valence-electron chi connectivity index (χ2n) is 3.42. The number of aromatic nitrogens is 3. The van der Waals surface area contributed by atoms with E-state index in [1.807, 2.05) is 0 Å². The topological polar surface area (TPSA) is 106 Å². The van der Waals surface area contributed by atoms with E-state index in [9.17, 15) is 14.9 Å². The summed E-state index contributed by atoms with van der Waals surface area (Å²) in [6, 6.07) is 5.72. The zero-order valence-electron chi connectivity index (χ0n) is 9.39. The molecule has 0 amide bonds. The van der Waals surface area contributed by atoms with Crippen LogP contribution in [0.1, 0.15) is 5.56 Å². The Labute approximate surface area is 111 Å². The molecular formula is C10H7N5O3S. The fourth-order valence-electron chi connectivity index (χ4n) is 1.26. The van der Waals surface area contributed by atoms with Crippen molar-refractivity contribution in [2.45, 2.75) is 0 Å². The Morgan fingerprint density at radius 3 is 2.68 bits per heavy atom. The van der Waals surface area contributed by atoms with Crippen LogP contribution in [0.4, 0.5) is 5.69 Å². The second kappa shape index (κ2) is 5.31. The first-order chi connectivity index (χ1) is 9.08. The Hall–Kier alpha value is -2.68. The number of H-pyrrole nitrogens is 1. The number of nitrogens with one attached hydrogen (secondary N) is 1. The summed E-state index contributed by atoms with van der Waals surface area (Å²) in [6.45, 7) is 0. The SMILES string of the molecule is O=c1cn[nH]c(=S)n1/N=C\c1ccc([N+](=O)[O-])cc1. The molecule has 1 aromatic heterocycles. The third kappa shape index (κ3) is 2.96. The van der Waals surface area contributed by atoms with Crippen molar-refractivity contribution in [2.24, 2.45) is 5.10 Å². The van der Waals surface area contributed by atoms with Gasteiger partial charge in [0, 0.05) is 12.1 Å². The standard InChI is InChI=1S/C10H7N5O3S/c16-9-6-11-13-10(19)14(9)12-5-7-1-3-8(4-2-7)15(17)18/h1-6H,(H,13,19)/b12-5-. The number of hydrogen-bond donors (Lipinski definition) is 1. The maximum Gasteiger partial charge on any atom is 0.293 e. The maximum atomic E-state index is 11.4. The van der Waals surface area contributed by atoms with Gasteiger partial charge in [-0.15, -0.1) is 0 Å². The van der Waals surface area contributed by atoms with Crippen LogP contribution >= 0.6 is 12.2 Å². The predicted molar refractivity (Wildman–Crippen MR) is 69.8 cm³/mol. The first kappa shape index (κ1) is 12.8. The van der Waals surface area contributed by atoms with Crippen molar-refractivity contribution in [3.05, 3.63) is 61.3 Å². The average Bonchev–Trinajstić information content (AvgIpc) is 2.38. The van der Waals surface area contributed by atoms with Gasteiger partial charge < -0.3 is 0 Å². The quantitative estimate of drug-likeness (QED) is 0.391. The number of nitro benzene ring substituents is 1. The molecule has 96 valence electrons. The normalized spacial score (nSPS) is 10.7. The highest BCUT2D eigenvalue weighted by Gasteiger charge is 2.02. The number of hydrogen-bond acceptors (Lipinski definition) is 6. The summed E-state index contributed by atoms with van der Waals surface area (Å²) >= 11 is 4.85. The van der Waals surface area contributed by atoms with E-state index in [1.165, 1.54) is 30.5 Å². The Balaban J connectivity index is 2.31. The van der Waals surface area contributed by atoms with E-state index in [-0.39, 0.29) is 10.5 Å². The molecule has 8 nitrogen and oxygen atoms in total. The van der Waals surface area contributed by atoms with Gasteiger partial charge >= 0.3 is 0 Å².